The summed E-state index contributed by atoms with van der Waals surface area (Å²) >= 11 is 0. The molecule has 0 heterocycles. The highest BCUT2D eigenvalue weighted by molar-refractivity contribution is 5.95. The molecule has 1 unspecified atom stereocenters. The number of carbonyl (C=O) groups excluding carboxylic acids is 1. The van der Waals surface area contributed by atoms with Crippen LogP contribution in [0.3, 0.4) is 0 Å². The average molecular weight is 325 g/mol. The zero-order valence-corrected chi connectivity index (χ0v) is 14.9. The molecule has 24 heavy (non-hydrogen) atoms. The summed E-state index contributed by atoms with van der Waals surface area (Å²) in [6.07, 6.45) is 12.1. The van der Waals surface area contributed by atoms with Gasteiger partial charge in [-0.15, -0.1) is 0 Å². The first-order chi connectivity index (χ1) is 11.6. The zero-order valence-electron chi connectivity index (χ0n) is 14.9. The van der Waals surface area contributed by atoms with Crippen LogP contribution in [0.25, 0.3) is 0 Å². The molecule has 2 rings (SSSR count). The summed E-state index contributed by atoms with van der Waals surface area (Å²) in [6.45, 7) is 4.38. The average Bonchev–Trinajstić information content (AvgIpc) is 2.60. The molecular weight excluding hydrogens is 298 g/mol. The van der Waals surface area contributed by atoms with Crippen LogP contribution >= 0.6 is 0 Å². The van der Waals surface area contributed by atoms with Crippen LogP contribution < -0.4 is 0 Å². The van der Waals surface area contributed by atoms with Crippen molar-refractivity contribution in [3.63, 3.8) is 0 Å². The molecular formula is C21H27NO2. The van der Waals surface area contributed by atoms with E-state index in [9.17, 15) is 4.79 Å². The molecule has 3 heteroatoms. The summed E-state index contributed by atoms with van der Waals surface area (Å²) in [5.41, 5.74) is 4.14. The number of carbonyl (C=O) groups is 1. The Morgan fingerprint density at radius 2 is 2.17 bits per heavy atom. The van der Waals surface area contributed by atoms with Crippen molar-refractivity contribution in [2.45, 2.75) is 46.0 Å². The van der Waals surface area contributed by atoms with Crippen molar-refractivity contribution >= 4 is 17.9 Å². The van der Waals surface area contributed by atoms with Crippen LogP contribution in [-0.2, 0) is 4.74 Å². The minimum Gasteiger partial charge on any atom is -0.465 e. The first-order valence-corrected chi connectivity index (χ1v) is 8.69. The number of esters is 1. The molecule has 1 aliphatic rings. The van der Waals surface area contributed by atoms with Crippen molar-refractivity contribution in [1.29, 1.82) is 0 Å². The van der Waals surface area contributed by atoms with Gasteiger partial charge in [-0.1, -0.05) is 42.4 Å². The van der Waals surface area contributed by atoms with E-state index in [1.165, 1.54) is 18.3 Å². The summed E-state index contributed by atoms with van der Waals surface area (Å²) in [4.78, 5) is 16.4. The molecule has 0 saturated heterocycles. The summed E-state index contributed by atoms with van der Waals surface area (Å²) < 4.78 is 4.82. The number of nitrogens with zero attached hydrogens (tertiary/aromatic N) is 1. The van der Waals surface area contributed by atoms with Crippen molar-refractivity contribution in [2.24, 2.45) is 10.9 Å². The molecule has 0 bridgehead atoms. The van der Waals surface area contributed by atoms with Crippen LogP contribution in [0.15, 0.2) is 52.6 Å². The lowest BCUT2D eigenvalue weighted by Crippen LogP contribution is -2.08. The fourth-order valence-corrected chi connectivity index (χ4v) is 3.13. The molecule has 128 valence electrons. The van der Waals surface area contributed by atoms with Crippen molar-refractivity contribution in [3.8, 4) is 0 Å². The summed E-state index contributed by atoms with van der Waals surface area (Å²) in [7, 11) is 1.40. The quantitative estimate of drug-likeness (QED) is 0.385. The maximum absolute atomic E-state index is 11.8. The summed E-state index contributed by atoms with van der Waals surface area (Å²) in [5, 5.41) is 0. The number of rotatable bonds is 6. The molecule has 0 fully saturated rings. The molecule has 0 aromatic heterocycles. The molecule has 0 aliphatic heterocycles. The van der Waals surface area contributed by atoms with E-state index in [0.29, 0.717) is 17.2 Å². The lowest BCUT2D eigenvalue weighted by atomic mass is 9.86. The van der Waals surface area contributed by atoms with Crippen LogP contribution in [0.1, 0.15) is 56.3 Å². The number of hydrogen-bond acceptors (Lipinski definition) is 3. The standard InChI is InChI=1S/C21H27NO2/c1-4-8-16(2)13-17-9-7-10-18(14-17)15-22-20-12-6-5-11-19(20)21(23)24-3/h5-6,8-9,11-12,15,18H,4,7,10,13-14H2,1-3H3. The van der Waals surface area contributed by atoms with Crippen LogP contribution in [-0.4, -0.2) is 19.3 Å². The van der Waals surface area contributed by atoms with Crippen LogP contribution in [0.4, 0.5) is 5.69 Å². The molecule has 0 N–H and O–H groups in total. The van der Waals surface area contributed by atoms with E-state index in [4.69, 9.17) is 4.74 Å². The van der Waals surface area contributed by atoms with Gasteiger partial charge in [0.2, 0.25) is 0 Å². The fraction of sp³-hybridized carbons (Fsp3) is 0.429. The van der Waals surface area contributed by atoms with Gasteiger partial charge in [-0.25, -0.2) is 4.79 Å². The third kappa shape index (κ3) is 5.19. The Balaban J connectivity index is 2.04. The number of methoxy groups -OCH3 is 1. The first-order valence-electron chi connectivity index (χ1n) is 8.69. The predicted molar refractivity (Wildman–Crippen MR) is 100 cm³/mol. The van der Waals surface area contributed by atoms with Crippen molar-refractivity contribution in [2.75, 3.05) is 7.11 Å². The highest BCUT2D eigenvalue weighted by Gasteiger charge is 2.15. The highest BCUT2D eigenvalue weighted by atomic mass is 16.5. The first kappa shape index (κ1) is 18.2. The molecule has 0 spiro atoms. The smallest absolute Gasteiger partial charge is 0.340 e. The Kier molecular flexibility index (Phi) is 6.98. The maximum atomic E-state index is 11.8. The molecule has 0 radical (unpaired) electrons. The summed E-state index contributed by atoms with van der Waals surface area (Å²) in [5.74, 6) is 0.0948. The van der Waals surface area contributed by atoms with Gasteiger partial charge in [0.1, 0.15) is 0 Å². The van der Waals surface area contributed by atoms with E-state index in [1.807, 2.05) is 24.4 Å². The molecule has 1 aliphatic carbocycles. The van der Waals surface area contributed by atoms with Gasteiger partial charge in [-0.05, 0) is 57.1 Å². The van der Waals surface area contributed by atoms with E-state index in [-0.39, 0.29) is 5.97 Å². The van der Waals surface area contributed by atoms with E-state index in [1.54, 1.807) is 6.07 Å². The molecule has 0 saturated carbocycles. The van der Waals surface area contributed by atoms with Crippen LogP contribution in [0.5, 0.6) is 0 Å². The van der Waals surface area contributed by atoms with Crippen LogP contribution in [0.2, 0.25) is 0 Å². The van der Waals surface area contributed by atoms with Gasteiger partial charge in [0, 0.05) is 6.21 Å². The van der Waals surface area contributed by atoms with Gasteiger partial charge >= 0.3 is 5.97 Å². The number of ether oxygens (including phenoxy) is 1. The molecule has 1 aromatic rings. The van der Waals surface area contributed by atoms with E-state index in [2.05, 4.69) is 31.0 Å². The normalized spacial score (nSPS) is 18.5. The molecule has 3 nitrogen and oxygen atoms in total. The summed E-state index contributed by atoms with van der Waals surface area (Å²) in [6, 6.07) is 7.33. The Morgan fingerprint density at radius 3 is 2.92 bits per heavy atom. The van der Waals surface area contributed by atoms with Gasteiger partial charge in [0.25, 0.3) is 0 Å². The topological polar surface area (TPSA) is 38.7 Å². The SMILES string of the molecule is CCC=C(C)CC1=CCCC(C=Nc2ccccc2C(=O)OC)C1. The Hall–Kier alpha value is -2.16. The predicted octanol–water partition coefficient (Wildman–Crippen LogP) is 5.65. The number of para-hydroxylation sites is 1. The Morgan fingerprint density at radius 1 is 1.38 bits per heavy atom. The maximum Gasteiger partial charge on any atom is 0.340 e. The molecule has 1 atom stereocenters. The number of aliphatic imine (C=N–C) groups is 1. The van der Waals surface area contributed by atoms with Crippen molar-refractivity contribution in [1.82, 2.24) is 0 Å². The van der Waals surface area contributed by atoms with Crippen molar-refractivity contribution < 1.29 is 9.53 Å². The monoisotopic (exact) mass is 325 g/mol. The highest BCUT2D eigenvalue weighted by Crippen LogP contribution is 2.28. The van der Waals surface area contributed by atoms with Gasteiger partial charge < -0.3 is 4.74 Å². The van der Waals surface area contributed by atoms with Gasteiger partial charge in [-0.3, -0.25) is 4.99 Å². The lowest BCUT2D eigenvalue weighted by molar-refractivity contribution is 0.0601. The Labute approximate surface area is 145 Å². The second-order valence-corrected chi connectivity index (χ2v) is 6.33. The van der Waals surface area contributed by atoms with E-state index < -0.39 is 0 Å². The van der Waals surface area contributed by atoms with Gasteiger partial charge in [0.15, 0.2) is 0 Å². The number of allylic oxidation sites excluding steroid dienone is 4. The van der Waals surface area contributed by atoms with E-state index >= 15 is 0 Å². The van der Waals surface area contributed by atoms with E-state index in [0.717, 1.165) is 32.1 Å². The fourth-order valence-electron chi connectivity index (χ4n) is 3.13. The number of benzene rings is 1. The molecule has 1 aromatic carbocycles. The third-order valence-corrected chi connectivity index (χ3v) is 4.29. The van der Waals surface area contributed by atoms with Gasteiger partial charge in [0.05, 0.1) is 18.4 Å². The molecule has 0 amide bonds. The lowest BCUT2D eigenvalue weighted by Gasteiger charge is -2.20. The number of hydrogen-bond donors (Lipinski definition) is 0. The van der Waals surface area contributed by atoms with Crippen molar-refractivity contribution in [3.05, 3.63) is 53.1 Å². The van der Waals surface area contributed by atoms with Crippen LogP contribution in [0, 0.1) is 5.92 Å². The zero-order chi connectivity index (χ0) is 17.4. The second-order valence-electron chi connectivity index (χ2n) is 6.33. The minimum absolute atomic E-state index is 0.340. The Bertz CT molecular complexity index is 656. The van der Waals surface area contributed by atoms with Gasteiger partial charge in [-0.2, -0.15) is 0 Å². The second kappa shape index (κ2) is 9.21. The largest absolute Gasteiger partial charge is 0.465 e. The third-order valence-electron chi connectivity index (χ3n) is 4.29. The minimum atomic E-state index is -0.340.